The first-order valence-corrected chi connectivity index (χ1v) is 6.61. The molecule has 0 spiro atoms. The van der Waals surface area contributed by atoms with Gasteiger partial charge in [-0.2, -0.15) is 13.2 Å². The number of halogens is 3. The first-order valence-electron chi connectivity index (χ1n) is 5.79. The van der Waals surface area contributed by atoms with E-state index in [1.54, 1.807) is 12.1 Å². The molecule has 21 heavy (non-hydrogen) atoms. The van der Waals surface area contributed by atoms with Crippen LogP contribution in [0.3, 0.4) is 0 Å². The Balaban J connectivity index is 2.35. The predicted molar refractivity (Wildman–Crippen MR) is 70.7 cm³/mol. The molecular formula is C13H12F3NO3S. The number of rotatable bonds is 4. The molecule has 0 radical (unpaired) electrons. The van der Waals surface area contributed by atoms with Crippen molar-refractivity contribution in [2.45, 2.75) is 12.3 Å². The molecule has 1 heterocycles. The van der Waals surface area contributed by atoms with Gasteiger partial charge in [-0.3, -0.25) is 0 Å². The normalized spacial score (nSPS) is 13.0. The van der Waals surface area contributed by atoms with Crippen molar-refractivity contribution in [3.8, 4) is 11.5 Å². The number of methoxy groups -OCH3 is 2. The molecule has 2 rings (SSSR count). The molecule has 1 aromatic carbocycles. The van der Waals surface area contributed by atoms with Crippen LogP contribution in [-0.2, 0) is 6.18 Å². The van der Waals surface area contributed by atoms with E-state index in [1.165, 1.54) is 20.3 Å². The van der Waals surface area contributed by atoms with E-state index in [0.717, 1.165) is 6.20 Å². The number of aliphatic hydroxyl groups is 1. The molecule has 0 aliphatic heterocycles. The zero-order valence-corrected chi connectivity index (χ0v) is 12.0. The van der Waals surface area contributed by atoms with E-state index in [0.29, 0.717) is 28.4 Å². The molecule has 4 nitrogen and oxygen atoms in total. The number of nitrogens with zero attached hydrogens (tertiary/aromatic N) is 1. The molecule has 1 aromatic heterocycles. The quantitative estimate of drug-likeness (QED) is 0.940. The fraction of sp³-hybridized carbons (Fsp3) is 0.308. The first-order chi connectivity index (χ1) is 9.86. The van der Waals surface area contributed by atoms with Crippen LogP contribution < -0.4 is 9.47 Å². The van der Waals surface area contributed by atoms with Crippen LogP contribution in [-0.4, -0.2) is 24.3 Å². The van der Waals surface area contributed by atoms with Crippen LogP contribution in [0.5, 0.6) is 11.5 Å². The van der Waals surface area contributed by atoms with Gasteiger partial charge in [-0.05, 0) is 12.1 Å². The minimum atomic E-state index is -4.52. The third-order valence-corrected chi connectivity index (χ3v) is 3.87. The van der Waals surface area contributed by atoms with E-state index in [9.17, 15) is 18.3 Å². The molecule has 114 valence electrons. The number of benzene rings is 1. The van der Waals surface area contributed by atoms with Crippen molar-refractivity contribution in [1.29, 1.82) is 0 Å². The van der Waals surface area contributed by atoms with Gasteiger partial charge in [-0.1, -0.05) is 0 Å². The van der Waals surface area contributed by atoms with Crippen LogP contribution in [0, 0.1) is 0 Å². The number of hydrogen-bond acceptors (Lipinski definition) is 5. The van der Waals surface area contributed by atoms with Crippen molar-refractivity contribution in [1.82, 2.24) is 4.98 Å². The Kier molecular flexibility index (Phi) is 4.38. The van der Waals surface area contributed by atoms with E-state index in [-0.39, 0.29) is 4.88 Å². The Labute approximate surface area is 122 Å². The second-order valence-corrected chi connectivity index (χ2v) is 5.14. The van der Waals surface area contributed by atoms with Crippen molar-refractivity contribution in [2.75, 3.05) is 14.2 Å². The molecule has 0 bridgehead atoms. The summed E-state index contributed by atoms with van der Waals surface area (Å²) in [5.41, 5.74) is 0.343. The standard InChI is InChI=1S/C13H12F3NO3S/c1-19-7-3-4-8(9(5-7)20-2)11(18)10-6-17-12(21-10)13(14,15)16/h3-6,11,18H,1-2H3. The summed E-state index contributed by atoms with van der Waals surface area (Å²) in [6.45, 7) is 0. The lowest BCUT2D eigenvalue weighted by atomic mass is 10.1. The summed E-state index contributed by atoms with van der Waals surface area (Å²) in [5, 5.41) is 9.23. The van der Waals surface area contributed by atoms with Gasteiger partial charge in [0.05, 0.1) is 19.1 Å². The van der Waals surface area contributed by atoms with Crippen LogP contribution in [0.4, 0.5) is 13.2 Å². The highest BCUT2D eigenvalue weighted by Gasteiger charge is 2.35. The molecule has 1 atom stereocenters. The van der Waals surface area contributed by atoms with Crippen LogP contribution in [0.1, 0.15) is 21.6 Å². The van der Waals surface area contributed by atoms with E-state index in [2.05, 4.69) is 4.98 Å². The summed E-state index contributed by atoms with van der Waals surface area (Å²) in [4.78, 5) is 3.38. The van der Waals surface area contributed by atoms with Crippen molar-refractivity contribution in [2.24, 2.45) is 0 Å². The summed E-state index contributed by atoms with van der Waals surface area (Å²) < 4.78 is 47.8. The van der Waals surface area contributed by atoms with Gasteiger partial charge < -0.3 is 14.6 Å². The molecule has 8 heteroatoms. The average Bonchev–Trinajstić information content (AvgIpc) is 2.95. The lowest BCUT2D eigenvalue weighted by Gasteiger charge is -2.14. The minimum absolute atomic E-state index is 0.0887. The third kappa shape index (κ3) is 3.27. The topological polar surface area (TPSA) is 51.6 Å². The Morgan fingerprint density at radius 2 is 1.95 bits per heavy atom. The molecule has 0 aliphatic rings. The van der Waals surface area contributed by atoms with Gasteiger partial charge in [-0.15, -0.1) is 11.3 Å². The summed E-state index contributed by atoms with van der Waals surface area (Å²) in [7, 11) is 2.88. The maximum absolute atomic E-state index is 12.5. The lowest BCUT2D eigenvalue weighted by Crippen LogP contribution is -2.03. The maximum Gasteiger partial charge on any atom is 0.443 e. The SMILES string of the molecule is COc1ccc(C(O)c2cnc(C(F)(F)F)s2)c(OC)c1. The van der Waals surface area contributed by atoms with Crippen LogP contribution >= 0.6 is 11.3 Å². The predicted octanol–water partition coefficient (Wildman–Crippen LogP) is 3.26. The Morgan fingerprint density at radius 1 is 1.24 bits per heavy atom. The van der Waals surface area contributed by atoms with Crippen molar-refractivity contribution < 1.29 is 27.8 Å². The monoisotopic (exact) mass is 319 g/mol. The van der Waals surface area contributed by atoms with Gasteiger partial charge in [0, 0.05) is 17.8 Å². The Morgan fingerprint density at radius 3 is 2.48 bits per heavy atom. The van der Waals surface area contributed by atoms with Crippen molar-refractivity contribution in [3.05, 3.63) is 39.8 Å². The second kappa shape index (κ2) is 5.90. The summed E-state index contributed by atoms with van der Waals surface area (Å²) >= 11 is 0.399. The smallest absolute Gasteiger partial charge is 0.443 e. The maximum atomic E-state index is 12.5. The summed E-state index contributed by atoms with van der Waals surface area (Å²) in [6, 6.07) is 4.67. The van der Waals surface area contributed by atoms with E-state index in [4.69, 9.17) is 9.47 Å². The van der Waals surface area contributed by atoms with Gasteiger partial charge >= 0.3 is 6.18 Å². The van der Waals surface area contributed by atoms with Crippen LogP contribution in [0.15, 0.2) is 24.4 Å². The number of aromatic nitrogens is 1. The Bertz CT molecular complexity index is 627. The fourth-order valence-electron chi connectivity index (χ4n) is 1.74. The molecule has 1 N–H and O–H groups in total. The third-order valence-electron chi connectivity index (χ3n) is 2.77. The molecule has 1 unspecified atom stereocenters. The molecule has 2 aromatic rings. The summed E-state index contributed by atoms with van der Waals surface area (Å²) in [5.74, 6) is 0.840. The fourth-order valence-corrected chi connectivity index (χ4v) is 2.53. The molecule has 0 fully saturated rings. The minimum Gasteiger partial charge on any atom is -0.497 e. The van der Waals surface area contributed by atoms with Crippen LogP contribution in [0.25, 0.3) is 0 Å². The number of thiazole rings is 1. The molecule has 0 aliphatic carbocycles. The van der Waals surface area contributed by atoms with Crippen LogP contribution in [0.2, 0.25) is 0 Å². The molecular weight excluding hydrogens is 307 g/mol. The highest BCUT2D eigenvalue weighted by molar-refractivity contribution is 7.11. The van der Waals surface area contributed by atoms with E-state index >= 15 is 0 Å². The second-order valence-electron chi connectivity index (χ2n) is 4.08. The molecule has 0 amide bonds. The highest BCUT2D eigenvalue weighted by atomic mass is 32.1. The van der Waals surface area contributed by atoms with Gasteiger partial charge in [0.25, 0.3) is 0 Å². The number of ether oxygens (including phenoxy) is 2. The first kappa shape index (κ1) is 15.6. The van der Waals surface area contributed by atoms with Gasteiger partial charge in [0.2, 0.25) is 0 Å². The van der Waals surface area contributed by atoms with Crippen molar-refractivity contribution >= 4 is 11.3 Å². The molecule has 0 saturated carbocycles. The van der Waals surface area contributed by atoms with Gasteiger partial charge in [0.15, 0.2) is 5.01 Å². The zero-order chi connectivity index (χ0) is 15.6. The number of hydrogen-bond donors (Lipinski definition) is 1. The highest BCUT2D eigenvalue weighted by Crippen LogP contribution is 2.38. The number of alkyl halides is 3. The van der Waals surface area contributed by atoms with Gasteiger partial charge in [0.1, 0.15) is 17.6 Å². The number of aliphatic hydroxyl groups excluding tert-OH is 1. The van der Waals surface area contributed by atoms with Crippen molar-refractivity contribution in [3.63, 3.8) is 0 Å². The Hall–Kier alpha value is -1.80. The van der Waals surface area contributed by atoms with E-state index in [1.807, 2.05) is 0 Å². The largest absolute Gasteiger partial charge is 0.497 e. The molecule has 0 saturated heterocycles. The lowest BCUT2D eigenvalue weighted by molar-refractivity contribution is -0.137. The summed E-state index contributed by atoms with van der Waals surface area (Å²) in [6.07, 6.45) is -4.76. The van der Waals surface area contributed by atoms with E-state index < -0.39 is 17.3 Å². The zero-order valence-electron chi connectivity index (χ0n) is 11.1. The van der Waals surface area contributed by atoms with Gasteiger partial charge in [-0.25, -0.2) is 4.98 Å². The average molecular weight is 319 g/mol.